The van der Waals surface area contributed by atoms with Gasteiger partial charge < -0.3 is 18.9 Å². The summed E-state index contributed by atoms with van der Waals surface area (Å²) in [5, 5.41) is 0. The maximum atomic E-state index is 12.6. The van der Waals surface area contributed by atoms with Gasteiger partial charge in [-0.2, -0.15) is 0 Å². The monoisotopic (exact) mass is 773 g/mol. The minimum absolute atomic E-state index is 0.0128. The summed E-state index contributed by atoms with van der Waals surface area (Å²) >= 11 is 0. The molecule has 5 nitrogen and oxygen atoms in total. The summed E-state index contributed by atoms with van der Waals surface area (Å²) in [7, 11) is 0. The van der Waals surface area contributed by atoms with Crippen molar-refractivity contribution in [1.82, 2.24) is 0 Å². The molecule has 11 atom stereocenters. The average Bonchev–Trinajstić information content (AvgIpc) is 3.58. The third-order valence-corrected chi connectivity index (χ3v) is 16.0. The number of cyclic esters (lactones) is 1. The Hall–Kier alpha value is -3.25. The van der Waals surface area contributed by atoms with E-state index in [1.807, 2.05) is 0 Å². The average molecular weight is 773 g/mol. The Morgan fingerprint density at radius 1 is 0.737 bits per heavy atom. The van der Waals surface area contributed by atoms with E-state index in [1.54, 1.807) is 5.57 Å². The quantitative estimate of drug-likeness (QED) is 0.121. The highest BCUT2D eigenvalue weighted by Gasteiger charge is 2.72. The van der Waals surface area contributed by atoms with E-state index in [1.165, 1.54) is 29.5 Å². The number of hydrogen-bond acceptors (Lipinski definition) is 5. The summed E-state index contributed by atoms with van der Waals surface area (Å²) in [5.74, 6) is 2.15. The molecular weight excluding hydrogens is 705 g/mol. The molecule has 5 aliphatic rings. The standard InChI is InChI=1S/C52H68O5/c1-36(2)41-31-42(57-46(53)32-41)25-24-37(3)43-26-27-44-47-49(55-34-39-19-11-7-12-20-39)48(54-33-38-17-9-6-10-18-38)45-23-15-16-28-51(45,5)52(47,30-29-50(43,44)4)56-35-40-21-13-8-14-22-40/h6-14,17-22,26,36-37,41-42,44-45,47-49H,15-16,23-25,27-35H2,1-5H3/t37?,41?,42?,44?,45?,47?,48-,49?,50-,51+,52-/m1/s1. The first-order chi connectivity index (χ1) is 27.6. The van der Waals surface area contributed by atoms with Gasteiger partial charge in [-0.15, -0.1) is 0 Å². The van der Waals surface area contributed by atoms with Crippen LogP contribution in [-0.4, -0.2) is 29.9 Å². The maximum absolute atomic E-state index is 12.6. The highest BCUT2D eigenvalue weighted by Crippen LogP contribution is 2.71. The topological polar surface area (TPSA) is 54.0 Å². The molecule has 4 aliphatic carbocycles. The van der Waals surface area contributed by atoms with Crippen LogP contribution in [0.4, 0.5) is 0 Å². The van der Waals surface area contributed by atoms with Gasteiger partial charge in [-0.25, -0.2) is 0 Å². The molecule has 7 unspecified atom stereocenters. The van der Waals surface area contributed by atoms with Gasteiger partial charge in [0.25, 0.3) is 0 Å². The summed E-state index contributed by atoms with van der Waals surface area (Å²) in [6.07, 6.45) is 13.9. The normalized spacial score (nSPS) is 35.4. The van der Waals surface area contributed by atoms with E-state index in [0.29, 0.717) is 55.8 Å². The van der Waals surface area contributed by atoms with Gasteiger partial charge >= 0.3 is 5.97 Å². The summed E-state index contributed by atoms with van der Waals surface area (Å²) in [6.45, 7) is 13.8. The van der Waals surface area contributed by atoms with Crippen LogP contribution >= 0.6 is 0 Å². The lowest BCUT2D eigenvalue weighted by Crippen LogP contribution is -2.74. The van der Waals surface area contributed by atoms with Crippen LogP contribution in [-0.2, 0) is 43.6 Å². The van der Waals surface area contributed by atoms with Crippen molar-refractivity contribution >= 4 is 5.97 Å². The molecule has 5 heteroatoms. The first-order valence-corrected chi connectivity index (χ1v) is 22.5. The van der Waals surface area contributed by atoms with E-state index in [4.69, 9.17) is 18.9 Å². The number of fused-ring (bicyclic) bond motifs is 5. The molecule has 1 heterocycles. The Labute approximate surface area is 343 Å². The number of esters is 1. The molecule has 57 heavy (non-hydrogen) atoms. The Morgan fingerprint density at radius 2 is 1.35 bits per heavy atom. The van der Waals surface area contributed by atoms with Crippen LogP contribution in [0.3, 0.4) is 0 Å². The fourth-order valence-corrected chi connectivity index (χ4v) is 12.8. The van der Waals surface area contributed by atoms with E-state index < -0.39 is 0 Å². The zero-order valence-corrected chi connectivity index (χ0v) is 35.4. The summed E-state index contributed by atoms with van der Waals surface area (Å²) in [5.41, 5.74) is 4.85. The lowest BCUT2D eigenvalue weighted by Gasteiger charge is -2.69. The molecule has 0 amide bonds. The number of hydrogen-bond donors (Lipinski definition) is 0. The predicted octanol–water partition coefficient (Wildman–Crippen LogP) is 12.1. The van der Waals surface area contributed by atoms with Crippen LogP contribution in [0, 0.1) is 46.3 Å². The van der Waals surface area contributed by atoms with Crippen molar-refractivity contribution in [2.45, 2.75) is 149 Å². The fraction of sp³-hybridized carbons (Fsp3) is 0.596. The van der Waals surface area contributed by atoms with Crippen molar-refractivity contribution in [3.63, 3.8) is 0 Å². The van der Waals surface area contributed by atoms with Gasteiger partial charge in [-0.3, -0.25) is 4.79 Å². The van der Waals surface area contributed by atoms with E-state index in [9.17, 15) is 4.79 Å². The van der Waals surface area contributed by atoms with Crippen LogP contribution in [0.2, 0.25) is 0 Å². The molecule has 0 radical (unpaired) electrons. The molecular formula is C52H68O5. The van der Waals surface area contributed by atoms with Crippen LogP contribution in [0.15, 0.2) is 103 Å². The number of carbonyl (C=O) groups excluding carboxylic acids is 1. The second kappa shape index (κ2) is 17.2. The van der Waals surface area contributed by atoms with Crippen LogP contribution < -0.4 is 0 Å². The van der Waals surface area contributed by atoms with Gasteiger partial charge in [0.05, 0.1) is 37.6 Å². The van der Waals surface area contributed by atoms with Crippen LogP contribution in [0.25, 0.3) is 0 Å². The van der Waals surface area contributed by atoms with Crippen molar-refractivity contribution < 1.29 is 23.7 Å². The molecule has 4 fully saturated rings. The number of ether oxygens (including phenoxy) is 4. The third-order valence-electron chi connectivity index (χ3n) is 16.0. The lowest BCUT2D eigenvalue weighted by atomic mass is 9.41. The van der Waals surface area contributed by atoms with E-state index in [2.05, 4.69) is 132 Å². The predicted molar refractivity (Wildman–Crippen MR) is 227 cm³/mol. The molecule has 8 rings (SSSR count). The summed E-state index contributed by atoms with van der Waals surface area (Å²) in [4.78, 5) is 12.6. The van der Waals surface area contributed by atoms with Gasteiger partial charge in [0, 0.05) is 17.8 Å². The first kappa shape index (κ1) is 40.5. The molecule has 306 valence electrons. The molecule has 1 aliphatic heterocycles. The summed E-state index contributed by atoms with van der Waals surface area (Å²) < 4.78 is 28.5. The Balaban J connectivity index is 1.15. The Kier molecular flexibility index (Phi) is 12.2. The molecule has 3 aromatic carbocycles. The van der Waals surface area contributed by atoms with Crippen molar-refractivity contribution in [2.24, 2.45) is 46.3 Å². The highest BCUT2D eigenvalue weighted by atomic mass is 16.6. The van der Waals surface area contributed by atoms with Crippen molar-refractivity contribution in [1.29, 1.82) is 0 Å². The number of carbonyl (C=O) groups is 1. The lowest BCUT2D eigenvalue weighted by molar-refractivity contribution is -0.324. The minimum Gasteiger partial charge on any atom is -0.462 e. The second-order valence-corrected chi connectivity index (χ2v) is 19.4. The number of allylic oxidation sites excluding steroid dienone is 2. The molecule has 0 aromatic heterocycles. The molecule has 3 saturated carbocycles. The van der Waals surface area contributed by atoms with Gasteiger partial charge in [-0.05, 0) is 103 Å². The maximum Gasteiger partial charge on any atom is 0.306 e. The van der Waals surface area contributed by atoms with Crippen LogP contribution in [0.5, 0.6) is 0 Å². The fourth-order valence-electron chi connectivity index (χ4n) is 12.8. The summed E-state index contributed by atoms with van der Waals surface area (Å²) in [6, 6.07) is 32.3. The largest absolute Gasteiger partial charge is 0.462 e. The zero-order chi connectivity index (χ0) is 39.6. The van der Waals surface area contributed by atoms with Crippen molar-refractivity contribution in [2.75, 3.05) is 0 Å². The molecule has 3 aromatic rings. The van der Waals surface area contributed by atoms with Gasteiger partial charge in [0.15, 0.2) is 0 Å². The smallest absolute Gasteiger partial charge is 0.306 e. The van der Waals surface area contributed by atoms with Gasteiger partial charge in [0.1, 0.15) is 6.10 Å². The van der Waals surface area contributed by atoms with E-state index in [-0.39, 0.29) is 46.6 Å². The molecule has 0 spiro atoms. The molecule has 1 saturated heterocycles. The van der Waals surface area contributed by atoms with Crippen LogP contribution in [0.1, 0.15) is 122 Å². The number of rotatable bonds is 14. The first-order valence-electron chi connectivity index (χ1n) is 22.5. The zero-order valence-electron chi connectivity index (χ0n) is 35.4. The molecule has 0 bridgehead atoms. The van der Waals surface area contributed by atoms with Crippen molar-refractivity contribution in [3.05, 3.63) is 119 Å². The molecule has 0 N–H and O–H groups in total. The minimum atomic E-state index is -0.360. The van der Waals surface area contributed by atoms with E-state index >= 15 is 0 Å². The SMILES string of the molecule is CC(CCC1CC(C(C)C)CC(=O)O1)C1=CCC2C3C(OCc4ccccc4)[C@H](OCc4ccccc4)C4CCCC[C@]4(C)[C@@]3(OCc3ccccc3)CC[C@]12C. The van der Waals surface area contributed by atoms with E-state index in [0.717, 1.165) is 51.4 Å². The Bertz CT molecular complexity index is 1810. The van der Waals surface area contributed by atoms with Crippen molar-refractivity contribution in [3.8, 4) is 0 Å². The Morgan fingerprint density at radius 3 is 1.98 bits per heavy atom. The second-order valence-electron chi connectivity index (χ2n) is 19.4. The third kappa shape index (κ3) is 7.95. The highest BCUT2D eigenvalue weighted by molar-refractivity contribution is 5.70. The van der Waals surface area contributed by atoms with Gasteiger partial charge in [0.2, 0.25) is 0 Å². The number of benzene rings is 3. The van der Waals surface area contributed by atoms with Gasteiger partial charge in [-0.1, -0.05) is 150 Å².